The van der Waals surface area contributed by atoms with Crippen LogP contribution in [0.5, 0.6) is 0 Å². The van der Waals surface area contributed by atoms with Crippen LogP contribution >= 0.6 is 0 Å². The van der Waals surface area contributed by atoms with Gasteiger partial charge in [0.2, 0.25) is 11.9 Å². The zero-order chi connectivity index (χ0) is 16.2. The molecule has 120 valence electrons. The molecule has 1 aliphatic heterocycles. The lowest BCUT2D eigenvalue weighted by molar-refractivity contribution is -0.120. The minimum absolute atomic E-state index is 0.0343. The molecule has 0 bridgehead atoms. The maximum Gasteiger partial charge on any atom is 0.229 e. The van der Waals surface area contributed by atoms with Crippen LogP contribution in [0.1, 0.15) is 24.2 Å². The number of hydrogen-bond acceptors (Lipinski definition) is 5. The van der Waals surface area contributed by atoms with Gasteiger partial charge in [-0.15, -0.1) is 0 Å². The molecule has 3 rings (SSSR count). The topological polar surface area (TPSA) is 71.0 Å². The maximum absolute atomic E-state index is 12.5. The van der Waals surface area contributed by atoms with Gasteiger partial charge in [0.05, 0.1) is 17.8 Å². The van der Waals surface area contributed by atoms with E-state index in [9.17, 15) is 4.79 Å². The SMILES string of the molecule is Cc1cc(C)nc(N2CCC[C@H](C(=O)Nc3cccnc3)C2)n1. The lowest BCUT2D eigenvalue weighted by atomic mass is 9.97. The number of aryl methyl sites for hydroxylation is 2. The van der Waals surface area contributed by atoms with Gasteiger partial charge in [-0.2, -0.15) is 0 Å². The third-order valence-electron chi connectivity index (χ3n) is 3.97. The lowest BCUT2D eigenvalue weighted by Crippen LogP contribution is -2.41. The second-order valence-electron chi connectivity index (χ2n) is 5.97. The summed E-state index contributed by atoms with van der Waals surface area (Å²) in [6, 6.07) is 5.62. The van der Waals surface area contributed by atoms with Crippen molar-refractivity contribution in [3.05, 3.63) is 42.0 Å². The summed E-state index contributed by atoms with van der Waals surface area (Å²) >= 11 is 0. The second kappa shape index (κ2) is 6.73. The minimum atomic E-state index is -0.0617. The largest absolute Gasteiger partial charge is 0.340 e. The number of hydrogen-bond donors (Lipinski definition) is 1. The van der Waals surface area contributed by atoms with E-state index in [1.807, 2.05) is 32.0 Å². The van der Waals surface area contributed by atoms with Crippen LogP contribution in [0.15, 0.2) is 30.6 Å². The highest BCUT2D eigenvalue weighted by Crippen LogP contribution is 2.22. The predicted octanol–water partition coefficient (Wildman–Crippen LogP) is 2.34. The highest BCUT2D eigenvalue weighted by Gasteiger charge is 2.27. The summed E-state index contributed by atoms with van der Waals surface area (Å²) in [6.45, 7) is 5.47. The van der Waals surface area contributed by atoms with Crippen LogP contribution in [0.4, 0.5) is 11.6 Å². The van der Waals surface area contributed by atoms with Gasteiger partial charge in [-0.3, -0.25) is 9.78 Å². The number of amides is 1. The number of nitrogens with one attached hydrogen (secondary N) is 1. The second-order valence-corrected chi connectivity index (χ2v) is 5.97. The van der Waals surface area contributed by atoms with Gasteiger partial charge in [-0.25, -0.2) is 9.97 Å². The molecule has 1 amide bonds. The molecule has 0 aromatic carbocycles. The molecule has 1 saturated heterocycles. The molecular formula is C17H21N5O. The van der Waals surface area contributed by atoms with E-state index in [0.717, 1.165) is 42.4 Å². The number of rotatable bonds is 3. The molecule has 0 radical (unpaired) electrons. The Morgan fingerprint density at radius 2 is 2.09 bits per heavy atom. The lowest BCUT2D eigenvalue weighted by Gasteiger charge is -2.32. The summed E-state index contributed by atoms with van der Waals surface area (Å²) in [5, 5.41) is 2.94. The molecule has 0 aliphatic carbocycles. The zero-order valence-corrected chi connectivity index (χ0v) is 13.5. The first-order valence-corrected chi connectivity index (χ1v) is 7.90. The van der Waals surface area contributed by atoms with Gasteiger partial charge in [0.25, 0.3) is 0 Å². The standard InChI is InChI=1S/C17H21N5O/c1-12-9-13(2)20-17(19-12)22-8-4-5-14(11-22)16(23)21-15-6-3-7-18-10-15/h3,6-7,9-10,14H,4-5,8,11H2,1-2H3,(H,21,23)/t14-/m0/s1. The third kappa shape index (κ3) is 3.83. The van der Waals surface area contributed by atoms with Gasteiger partial charge < -0.3 is 10.2 Å². The van der Waals surface area contributed by atoms with Crippen LogP contribution in [-0.4, -0.2) is 33.9 Å². The minimum Gasteiger partial charge on any atom is -0.340 e. The van der Waals surface area contributed by atoms with Crippen molar-refractivity contribution in [2.75, 3.05) is 23.3 Å². The van der Waals surface area contributed by atoms with Crippen molar-refractivity contribution in [3.63, 3.8) is 0 Å². The fourth-order valence-electron chi connectivity index (χ4n) is 2.90. The summed E-state index contributed by atoms with van der Waals surface area (Å²) < 4.78 is 0. The molecule has 1 aliphatic rings. The summed E-state index contributed by atoms with van der Waals surface area (Å²) in [5.74, 6) is 0.696. The maximum atomic E-state index is 12.5. The van der Waals surface area contributed by atoms with Gasteiger partial charge in [0.15, 0.2) is 0 Å². The third-order valence-corrected chi connectivity index (χ3v) is 3.97. The Morgan fingerprint density at radius 3 is 2.78 bits per heavy atom. The average Bonchev–Trinajstić information content (AvgIpc) is 2.55. The number of carbonyl (C=O) groups excluding carboxylic acids is 1. The Hall–Kier alpha value is -2.50. The van der Waals surface area contributed by atoms with E-state index in [0.29, 0.717) is 6.54 Å². The molecule has 0 unspecified atom stereocenters. The first kappa shape index (κ1) is 15.4. The van der Waals surface area contributed by atoms with Crippen molar-refractivity contribution in [1.29, 1.82) is 0 Å². The summed E-state index contributed by atoms with van der Waals surface area (Å²) in [7, 11) is 0. The average molecular weight is 311 g/mol. The van der Waals surface area contributed by atoms with E-state index in [4.69, 9.17) is 0 Å². The number of carbonyl (C=O) groups is 1. The van der Waals surface area contributed by atoms with Crippen molar-refractivity contribution in [2.24, 2.45) is 5.92 Å². The Bertz CT molecular complexity index is 668. The molecular weight excluding hydrogens is 290 g/mol. The van der Waals surface area contributed by atoms with Crippen LogP contribution in [0.2, 0.25) is 0 Å². The molecule has 0 spiro atoms. The summed E-state index contributed by atoms with van der Waals surface area (Å²) in [4.78, 5) is 27.6. The van der Waals surface area contributed by atoms with Crippen molar-refractivity contribution < 1.29 is 4.79 Å². The van der Waals surface area contributed by atoms with Crippen molar-refractivity contribution in [1.82, 2.24) is 15.0 Å². The molecule has 2 aromatic heterocycles. The van der Waals surface area contributed by atoms with Crippen molar-refractivity contribution in [3.8, 4) is 0 Å². The van der Waals surface area contributed by atoms with Crippen molar-refractivity contribution >= 4 is 17.5 Å². The van der Waals surface area contributed by atoms with E-state index in [2.05, 4.69) is 25.2 Å². The van der Waals surface area contributed by atoms with E-state index in [-0.39, 0.29) is 11.8 Å². The quantitative estimate of drug-likeness (QED) is 0.942. The van der Waals surface area contributed by atoms with Crippen LogP contribution in [0, 0.1) is 19.8 Å². The van der Waals surface area contributed by atoms with Crippen LogP contribution in [0.25, 0.3) is 0 Å². The molecule has 6 nitrogen and oxygen atoms in total. The molecule has 0 saturated carbocycles. The van der Waals surface area contributed by atoms with Gasteiger partial charge >= 0.3 is 0 Å². The Labute approximate surface area is 136 Å². The molecule has 2 aromatic rings. The predicted molar refractivity (Wildman–Crippen MR) is 89.3 cm³/mol. The molecule has 3 heterocycles. The number of piperidine rings is 1. The Kier molecular flexibility index (Phi) is 4.50. The first-order chi connectivity index (χ1) is 11.1. The van der Waals surface area contributed by atoms with Gasteiger partial charge in [-0.05, 0) is 44.9 Å². The number of pyridine rings is 1. The van der Waals surface area contributed by atoms with Gasteiger partial charge in [0, 0.05) is 30.7 Å². The zero-order valence-electron chi connectivity index (χ0n) is 13.5. The highest BCUT2D eigenvalue weighted by atomic mass is 16.1. The molecule has 1 N–H and O–H groups in total. The Balaban J connectivity index is 1.69. The fraction of sp³-hybridized carbons (Fsp3) is 0.412. The highest BCUT2D eigenvalue weighted by molar-refractivity contribution is 5.92. The van der Waals surface area contributed by atoms with Crippen LogP contribution in [0.3, 0.4) is 0 Å². The van der Waals surface area contributed by atoms with Crippen molar-refractivity contribution in [2.45, 2.75) is 26.7 Å². The van der Waals surface area contributed by atoms with E-state index in [1.165, 1.54) is 0 Å². The smallest absolute Gasteiger partial charge is 0.229 e. The number of nitrogens with zero attached hydrogens (tertiary/aromatic N) is 4. The van der Waals surface area contributed by atoms with E-state index in [1.54, 1.807) is 12.4 Å². The monoisotopic (exact) mass is 311 g/mol. The van der Waals surface area contributed by atoms with E-state index >= 15 is 0 Å². The fourth-order valence-corrected chi connectivity index (χ4v) is 2.90. The Morgan fingerprint density at radius 1 is 1.30 bits per heavy atom. The normalized spacial score (nSPS) is 17.8. The van der Waals surface area contributed by atoms with Gasteiger partial charge in [-0.1, -0.05) is 0 Å². The summed E-state index contributed by atoms with van der Waals surface area (Å²) in [5.41, 5.74) is 2.64. The van der Waals surface area contributed by atoms with Crippen LogP contribution in [-0.2, 0) is 4.79 Å². The van der Waals surface area contributed by atoms with E-state index < -0.39 is 0 Å². The number of anilines is 2. The molecule has 23 heavy (non-hydrogen) atoms. The molecule has 6 heteroatoms. The molecule has 1 fully saturated rings. The number of aromatic nitrogens is 3. The first-order valence-electron chi connectivity index (χ1n) is 7.90. The van der Waals surface area contributed by atoms with Gasteiger partial charge in [0.1, 0.15) is 0 Å². The molecule has 1 atom stereocenters. The van der Waals surface area contributed by atoms with Crippen LogP contribution < -0.4 is 10.2 Å². The summed E-state index contributed by atoms with van der Waals surface area (Å²) in [6.07, 6.45) is 5.19.